The van der Waals surface area contributed by atoms with Gasteiger partial charge in [0.15, 0.2) is 6.29 Å². The van der Waals surface area contributed by atoms with Crippen molar-refractivity contribution in [3.63, 3.8) is 0 Å². The molecule has 4 N–H and O–H groups in total. The van der Waals surface area contributed by atoms with Crippen molar-refractivity contribution in [1.82, 2.24) is 5.32 Å². The molecule has 0 saturated carbocycles. The summed E-state index contributed by atoms with van der Waals surface area (Å²) in [4.78, 5) is 23.2. The molecular formula is C29H40N2O6S. The Balaban J connectivity index is 1.60. The summed E-state index contributed by atoms with van der Waals surface area (Å²) in [6.07, 6.45) is 2.10. The Kier molecular flexibility index (Phi) is 12.6. The van der Waals surface area contributed by atoms with Crippen molar-refractivity contribution in [1.29, 1.82) is 0 Å². The summed E-state index contributed by atoms with van der Waals surface area (Å²) in [6.45, 7) is 4.37. The Hall–Kier alpha value is -2.43. The standard InChI is InChI=1S/C29H40N2O6S/c1-20-26(19-38-17-16-32)36-29(37-28(20)23-9-7-22(18-33)8-10-23)24-11-13-25(14-12-24)31-27(35)6-4-3-5-15-30-21(2)34/h7-14,20,26,28-29,32-33H,3-6,15-19H2,1-2H3,(H,30,34)(H,31,35)/t20-,26+,28+,29+/m1/s1. The van der Waals surface area contributed by atoms with E-state index in [1.54, 1.807) is 11.8 Å². The van der Waals surface area contributed by atoms with Gasteiger partial charge in [0, 0.05) is 48.6 Å². The first-order chi connectivity index (χ1) is 18.4. The fraction of sp³-hybridized carbons (Fsp3) is 0.517. The molecule has 1 heterocycles. The zero-order valence-corrected chi connectivity index (χ0v) is 23.0. The summed E-state index contributed by atoms with van der Waals surface area (Å²) in [7, 11) is 0. The number of ether oxygens (including phenoxy) is 2. The highest BCUT2D eigenvalue weighted by Crippen LogP contribution is 2.42. The predicted octanol–water partition coefficient (Wildman–Crippen LogP) is 4.33. The molecule has 2 amide bonds. The van der Waals surface area contributed by atoms with Crippen LogP contribution in [0.3, 0.4) is 0 Å². The lowest BCUT2D eigenvalue weighted by Crippen LogP contribution is -2.38. The van der Waals surface area contributed by atoms with Crippen LogP contribution in [0.25, 0.3) is 0 Å². The third-order valence-electron chi connectivity index (χ3n) is 6.56. The number of benzene rings is 2. The van der Waals surface area contributed by atoms with E-state index in [2.05, 4.69) is 17.6 Å². The van der Waals surface area contributed by atoms with Crippen LogP contribution in [0.15, 0.2) is 48.5 Å². The molecule has 208 valence electrons. The van der Waals surface area contributed by atoms with Crippen molar-refractivity contribution < 1.29 is 29.3 Å². The van der Waals surface area contributed by atoms with E-state index in [9.17, 15) is 19.8 Å². The van der Waals surface area contributed by atoms with Crippen molar-refractivity contribution in [3.05, 3.63) is 65.2 Å². The van der Waals surface area contributed by atoms with E-state index in [0.29, 0.717) is 24.4 Å². The lowest BCUT2D eigenvalue weighted by atomic mass is 9.91. The van der Waals surface area contributed by atoms with Crippen LogP contribution in [0.5, 0.6) is 0 Å². The van der Waals surface area contributed by atoms with Gasteiger partial charge < -0.3 is 30.3 Å². The van der Waals surface area contributed by atoms with Gasteiger partial charge in [-0.1, -0.05) is 49.7 Å². The van der Waals surface area contributed by atoms with Crippen LogP contribution in [-0.4, -0.2) is 52.8 Å². The molecule has 8 nitrogen and oxygen atoms in total. The third kappa shape index (κ3) is 9.39. The van der Waals surface area contributed by atoms with Gasteiger partial charge in [0.2, 0.25) is 11.8 Å². The van der Waals surface area contributed by atoms with Gasteiger partial charge in [0.1, 0.15) is 0 Å². The van der Waals surface area contributed by atoms with Crippen molar-refractivity contribution in [3.8, 4) is 0 Å². The van der Waals surface area contributed by atoms with Crippen LogP contribution in [0.1, 0.15) is 68.6 Å². The maximum Gasteiger partial charge on any atom is 0.224 e. The average molecular weight is 545 g/mol. The zero-order valence-electron chi connectivity index (χ0n) is 22.2. The highest BCUT2D eigenvalue weighted by atomic mass is 32.2. The van der Waals surface area contributed by atoms with Gasteiger partial charge in [-0.05, 0) is 36.1 Å². The van der Waals surface area contributed by atoms with Crippen LogP contribution in [0.4, 0.5) is 5.69 Å². The maximum absolute atomic E-state index is 12.3. The van der Waals surface area contributed by atoms with E-state index in [1.807, 2.05) is 48.5 Å². The zero-order chi connectivity index (χ0) is 27.3. The normalized spacial score (nSPS) is 21.2. The largest absolute Gasteiger partial charge is 0.396 e. The Morgan fingerprint density at radius 3 is 2.32 bits per heavy atom. The number of unbranched alkanes of at least 4 members (excludes halogenated alkanes) is 2. The quantitative estimate of drug-likeness (QED) is 0.262. The lowest BCUT2D eigenvalue weighted by Gasteiger charge is -2.41. The number of carbonyl (C=O) groups excluding carboxylic acids is 2. The van der Waals surface area contributed by atoms with Crippen molar-refractivity contribution in [2.45, 2.75) is 64.6 Å². The SMILES string of the molecule is CC(=O)NCCCCCC(=O)Nc1ccc([C@H]2O[C@@H](CSCCO)[C@@H](C)[C@@H](c3ccc(CO)cc3)O2)cc1. The first-order valence-electron chi connectivity index (χ1n) is 13.2. The number of amides is 2. The molecule has 0 unspecified atom stereocenters. The van der Waals surface area contributed by atoms with Crippen LogP contribution in [-0.2, 0) is 25.7 Å². The van der Waals surface area contributed by atoms with E-state index < -0.39 is 6.29 Å². The topological polar surface area (TPSA) is 117 Å². The predicted molar refractivity (Wildman–Crippen MR) is 150 cm³/mol. The van der Waals surface area contributed by atoms with Crippen LogP contribution >= 0.6 is 11.8 Å². The minimum atomic E-state index is -0.568. The van der Waals surface area contributed by atoms with E-state index in [1.165, 1.54) is 6.92 Å². The Morgan fingerprint density at radius 2 is 1.66 bits per heavy atom. The monoisotopic (exact) mass is 544 g/mol. The van der Waals surface area contributed by atoms with Gasteiger partial charge in [-0.3, -0.25) is 9.59 Å². The molecule has 1 fully saturated rings. The molecule has 0 aliphatic carbocycles. The van der Waals surface area contributed by atoms with Crippen LogP contribution in [0, 0.1) is 5.92 Å². The molecule has 9 heteroatoms. The molecular weight excluding hydrogens is 504 g/mol. The number of aliphatic hydroxyl groups excluding tert-OH is 2. The van der Waals surface area contributed by atoms with Crippen molar-refractivity contribution in [2.75, 3.05) is 30.0 Å². The van der Waals surface area contributed by atoms with Gasteiger partial charge in [0.25, 0.3) is 0 Å². The highest BCUT2D eigenvalue weighted by Gasteiger charge is 2.38. The minimum Gasteiger partial charge on any atom is -0.396 e. The van der Waals surface area contributed by atoms with Crippen LogP contribution < -0.4 is 10.6 Å². The molecule has 0 spiro atoms. The summed E-state index contributed by atoms with van der Waals surface area (Å²) in [6, 6.07) is 15.3. The summed E-state index contributed by atoms with van der Waals surface area (Å²) in [5.74, 6) is 1.41. The molecule has 1 aliphatic rings. The number of rotatable bonds is 14. The summed E-state index contributed by atoms with van der Waals surface area (Å²) in [5.41, 5.74) is 3.46. The fourth-order valence-electron chi connectivity index (χ4n) is 4.37. The second kappa shape index (κ2) is 15.9. The molecule has 3 rings (SSSR count). The number of anilines is 1. The first kappa shape index (κ1) is 30.1. The van der Waals surface area contributed by atoms with Gasteiger partial charge in [-0.15, -0.1) is 0 Å². The number of thioether (sulfide) groups is 1. The first-order valence-corrected chi connectivity index (χ1v) is 14.4. The van der Waals surface area contributed by atoms with Gasteiger partial charge >= 0.3 is 0 Å². The molecule has 1 aliphatic heterocycles. The highest BCUT2D eigenvalue weighted by molar-refractivity contribution is 7.99. The summed E-state index contributed by atoms with van der Waals surface area (Å²) in [5, 5.41) is 24.3. The molecule has 4 atom stereocenters. The number of hydrogen-bond acceptors (Lipinski definition) is 7. The number of nitrogens with one attached hydrogen (secondary N) is 2. The second-order valence-corrected chi connectivity index (χ2v) is 10.7. The van der Waals surface area contributed by atoms with Gasteiger partial charge in [0.05, 0.1) is 25.4 Å². The molecule has 0 bridgehead atoms. The fourth-order valence-corrected chi connectivity index (χ4v) is 5.28. The molecule has 0 radical (unpaired) electrons. The Bertz CT molecular complexity index is 1000. The lowest BCUT2D eigenvalue weighted by molar-refractivity contribution is -0.268. The molecule has 2 aromatic rings. The van der Waals surface area contributed by atoms with Crippen molar-refractivity contribution >= 4 is 29.3 Å². The molecule has 2 aromatic carbocycles. The Labute approximate surface area is 229 Å². The third-order valence-corrected chi connectivity index (χ3v) is 7.60. The minimum absolute atomic E-state index is 0.00495. The van der Waals surface area contributed by atoms with E-state index >= 15 is 0 Å². The van der Waals surface area contributed by atoms with E-state index in [0.717, 1.165) is 41.7 Å². The van der Waals surface area contributed by atoms with E-state index in [-0.39, 0.29) is 43.2 Å². The maximum atomic E-state index is 12.3. The van der Waals surface area contributed by atoms with Crippen LogP contribution in [0.2, 0.25) is 0 Å². The van der Waals surface area contributed by atoms with Gasteiger partial charge in [-0.2, -0.15) is 11.8 Å². The van der Waals surface area contributed by atoms with Crippen molar-refractivity contribution in [2.24, 2.45) is 5.92 Å². The van der Waals surface area contributed by atoms with Gasteiger partial charge in [-0.25, -0.2) is 0 Å². The number of hydrogen-bond donors (Lipinski definition) is 4. The molecule has 0 aromatic heterocycles. The molecule has 38 heavy (non-hydrogen) atoms. The Morgan fingerprint density at radius 1 is 0.947 bits per heavy atom. The second-order valence-electron chi connectivity index (χ2n) is 9.58. The smallest absolute Gasteiger partial charge is 0.224 e. The van der Waals surface area contributed by atoms with E-state index in [4.69, 9.17) is 9.47 Å². The number of aliphatic hydroxyl groups is 2. The summed E-state index contributed by atoms with van der Waals surface area (Å²) >= 11 is 1.66. The summed E-state index contributed by atoms with van der Waals surface area (Å²) < 4.78 is 12.8. The average Bonchev–Trinajstić information content (AvgIpc) is 2.92. The molecule has 1 saturated heterocycles. The number of carbonyl (C=O) groups is 2.